The van der Waals surface area contributed by atoms with Crippen LogP contribution in [0.4, 0.5) is 4.79 Å². The van der Waals surface area contributed by atoms with E-state index in [0.717, 1.165) is 5.56 Å². The first-order valence-corrected chi connectivity index (χ1v) is 4.83. The van der Waals surface area contributed by atoms with Crippen LogP contribution < -0.4 is 0 Å². The van der Waals surface area contributed by atoms with Gasteiger partial charge in [0.05, 0.1) is 12.6 Å². The van der Waals surface area contributed by atoms with E-state index >= 15 is 0 Å². The zero-order chi connectivity index (χ0) is 10.8. The lowest BCUT2D eigenvalue weighted by molar-refractivity contribution is 0.118. The number of benzene rings is 1. The zero-order valence-corrected chi connectivity index (χ0v) is 8.46. The van der Waals surface area contributed by atoms with Gasteiger partial charge in [-0.15, -0.1) is 0 Å². The maximum Gasteiger partial charge on any atom is 0.410 e. The van der Waals surface area contributed by atoms with Crippen molar-refractivity contribution in [2.45, 2.75) is 12.1 Å². The monoisotopic (exact) mass is 207 g/mol. The number of rotatable bonds is 2. The molecule has 1 aromatic rings. The van der Waals surface area contributed by atoms with Crippen molar-refractivity contribution in [3.63, 3.8) is 0 Å². The number of ether oxygens (including phenoxy) is 1. The molecule has 1 aromatic carbocycles. The molecule has 80 valence electrons. The molecule has 1 saturated heterocycles. The lowest BCUT2D eigenvalue weighted by Crippen LogP contribution is -2.33. The average molecular weight is 207 g/mol. The summed E-state index contributed by atoms with van der Waals surface area (Å²) in [4.78, 5) is 12.7. The van der Waals surface area contributed by atoms with Crippen LogP contribution in [0, 0.1) is 0 Å². The molecule has 1 aliphatic rings. The molecular weight excluding hydrogens is 194 g/mol. The van der Waals surface area contributed by atoms with Gasteiger partial charge in [-0.25, -0.2) is 4.79 Å². The quantitative estimate of drug-likeness (QED) is 0.792. The summed E-state index contributed by atoms with van der Waals surface area (Å²) in [5.74, 6) is 0. The van der Waals surface area contributed by atoms with Crippen molar-refractivity contribution in [2.24, 2.45) is 0 Å². The molecule has 0 saturated carbocycles. The number of nitrogens with zero attached hydrogens (tertiary/aromatic N) is 1. The van der Waals surface area contributed by atoms with Crippen molar-refractivity contribution >= 4 is 6.09 Å². The Bertz CT molecular complexity index is 352. The summed E-state index contributed by atoms with van der Waals surface area (Å²) in [6.07, 6.45) is -0.753. The standard InChI is InChI=1S/C11H13NO3/c1-12-9(7-13)10(15-11(12)14)8-5-3-2-4-6-8/h2-6,9-10,13H,7H2,1H3/t9-,10+/m1/s1. The third-order valence-corrected chi connectivity index (χ3v) is 2.68. The van der Waals surface area contributed by atoms with Crippen LogP contribution in [0.1, 0.15) is 11.7 Å². The molecule has 0 aliphatic carbocycles. The van der Waals surface area contributed by atoms with Gasteiger partial charge in [-0.05, 0) is 5.56 Å². The Morgan fingerprint density at radius 3 is 2.67 bits per heavy atom. The van der Waals surface area contributed by atoms with Crippen LogP contribution in [0.15, 0.2) is 30.3 Å². The Hall–Kier alpha value is -1.55. The smallest absolute Gasteiger partial charge is 0.410 e. The van der Waals surface area contributed by atoms with Crippen molar-refractivity contribution in [2.75, 3.05) is 13.7 Å². The molecule has 4 heteroatoms. The SMILES string of the molecule is CN1C(=O)O[C@@H](c2ccccc2)[C@H]1CO. The Kier molecular flexibility index (Phi) is 2.60. The molecule has 0 spiro atoms. The van der Waals surface area contributed by atoms with E-state index in [1.54, 1.807) is 7.05 Å². The number of amides is 1. The Balaban J connectivity index is 2.27. The number of carbonyl (C=O) groups is 1. The number of aliphatic hydroxyl groups is 1. The van der Waals surface area contributed by atoms with Gasteiger partial charge < -0.3 is 14.7 Å². The predicted octanol–water partition coefficient (Wildman–Crippen LogP) is 1.17. The van der Waals surface area contributed by atoms with Gasteiger partial charge in [0.1, 0.15) is 0 Å². The first-order valence-electron chi connectivity index (χ1n) is 4.83. The number of aliphatic hydroxyl groups excluding tert-OH is 1. The minimum absolute atomic E-state index is 0.0954. The predicted molar refractivity (Wildman–Crippen MR) is 54.3 cm³/mol. The largest absolute Gasteiger partial charge is 0.439 e. The molecule has 0 bridgehead atoms. The summed E-state index contributed by atoms with van der Waals surface area (Å²) in [6.45, 7) is -0.0954. The van der Waals surface area contributed by atoms with E-state index in [4.69, 9.17) is 4.74 Å². The molecule has 0 unspecified atom stereocenters. The zero-order valence-electron chi connectivity index (χ0n) is 8.46. The fraction of sp³-hybridized carbons (Fsp3) is 0.364. The molecule has 0 aromatic heterocycles. The van der Waals surface area contributed by atoms with E-state index in [1.165, 1.54) is 4.90 Å². The summed E-state index contributed by atoms with van der Waals surface area (Å²) in [7, 11) is 1.63. The van der Waals surface area contributed by atoms with Crippen molar-refractivity contribution in [1.29, 1.82) is 0 Å². The molecule has 2 atom stereocenters. The molecule has 0 radical (unpaired) electrons. The van der Waals surface area contributed by atoms with Gasteiger partial charge in [0.2, 0.25) is 0 Å². The summed E-state index contributed by atoms with van der Waals surface area (Å²) >= 11 is 0. The van der Waals surface area contributed by atoms with E-state index in [-0.39, 0.29) is 24.8 Å². The van der Waals surface area contributed by atoms with Crippen LogP contribution in [0.2, 0.25) is 0 Å². The Labute approximate surface area is 88.1 Å². The molecule has 1 N–H and O–H groups in total. The van der Waals surface area contributed by atoms with Crippen molar-refractivity contribution in [3.8, 4) is 0 Å². The number of likely N-dealkylation sites (N-methyl/N-ethyl adjacent to an activating group) is 1. The molecule has 1 heterocycles. The summed E-state index contributed by atoms with van der Waals surface area (Å²) in [5.41, 5.74) is 0.911. The van der Waals surface area contributed by atoms with Crippen LogP contribution in [0.3, 0.4) is 0 Å². The van der Waals surface area contributed by atoms with Crippen molar-refractivity contribution in [3.05, 3.63) is 35.9 Å². The van der Waals surface area contributed by atoms with Gasteiger partial charge >= 0.3 is 6.09 Å². The number of hydrogen-bond acceptors (Lipinski definition) is 3. The van der Waals surface area contributed by atoms with Crippen LogP contribution in [0.5, 0.6) is 0 Å². The fourth-order valence-electron chi connectivity index (χ4n) is 1.76. The molecule has 1 amide bonds. The average Bonchev–Trinajstić information content (AvgIpc) is 2.56. The first-order chi connectivity index (χ1) is 7.24. The summed E-state index contributed by atoms with van der Waals surface area (Å²) in [5, 5.41) is 9.21. The highest BCUT2D eigenvalue weighted by Gasteiger charge is 2.39. The molecule has 15 heavy (non-hydrogen) atoms. The van der Waals surface area contributed by atoms with Gasteiger partial charge in [-0.3, -0.25) is 0 Å². The van der Waals surface area contributed by atoms with Crippen LogP contribution in [-0.2, 0) is 4.74 Å². The van der Waals surface area contributed by atoms with Gasteiger partial charge in [0, 0.05) is 7.05 Å². The maximum atomic E-state index is 11.3. The number of carbonyl (C=O) groups excluding carboxylic acids is 1. The third kappa shape index (κ3) is 1.68. The third-order valence-electron chi connectivity index (χ3n) is 2.68. The Morgan fingerprint density at radius 1 is 1.40 bits per heavy atom. The number of cyclic esters (lactones) is 1. The molecule has 1 aliphatic heterocycles. The minimum Gasteiger partial charge on any atom is -0.439 e. The van der Waals surface area contributed by atoms with E-state index in [1.807, 2.05) is 30.3 Å². The lowest BCUT2D eigenvalue weighted by Gasteiger charge is -2.18. The van der Waals surface area contributed by atoms with Gasteiger partial charge in [0.25, 0.3) is 0 Å². The molecular formula is C11H13NO3. The highest BCUT2D eigenvalue weighted by Crippen LogP contribution is 2.30. The molecule has 2 rings (SSSR count). The van der Waals surface area contributed by atoms with Gasteiger partial charge in [-0.2, -0.15) is 0 Å². The van der Waals surface area contributed by atoms with Gasteiger partial charge in [-0.1, -0.05) is 30.3 Å². The Morgan fingerprint density at radius 2 is 2.07 bits per heavy atom. The topological polar surface area (TPSA) is 49.8 Å². The molecule has 4 nitrogen and oxygen atoms in total. The first kappa shape index (κ1) is 9.98. The second-order valence-electron chi connectivity index (χ2n) is 3.58. The minimum atomic E-state index is -0.386. The van der Waals surface area contributed by atoms with E-state index in [2.05, 4.69) is 0 Å². The molecule has 1 fully saturated rings. The van der Waals surface area contributed by atoms with E-state index < -0.39 is 0 Å². The normalized spacial score (nSPS) is 25.5. The summed E-state index contributed by atoms with van der Waals surface area (Å²) < 4.78 is 5.19. The number of hydrogen-bond donors (Lipinski definition) is 1. The van der Waals surface area contributed by atoms with Crippen molar-refractivity contribution in [1.82, 2.24) is 4.90 Å². The lowest BCUT2D eigenvalue weighted by atomic mass is 10.0. The van der Waals surface area contributed by atoms with Crippen LogP contribution in [-0.4, -0.2) is 35.8 Å². The highest BCUT2D eigenvalue weighted by molar-refractivity contribution is 5.70. The van der Waals surface area contributed by atoms with Crippen molar-refractivity contribution < 1.29 is 14.6 Å². The van der Waals surface area contributed by atoms with Crippen LogP contribution >= 0.6 is 0 Å². The highest BCUT2D eigenvalue weighted by atomic mass is 16.6. The summed E-state index contributed by atoms with van der Waals surface area (Å²) in [6, 6.07) is 9.16. The fourth-order valence-corrected chi connectivity index (χ4v) is 1.76. The second kappa shape index (κ2) is 3.90. The maximum absolute atomic E-state index is 11.3. The van der Waals surface area contributed by atoms with Crippen LogP contribution in [0.25, 0.3) is 0 Å². The van der Waals surface area contributed by atoms with E-state index in [9.17, 15) is 9.90 Å². The van der Waals surface area contributed by atoms with Gasteiger partial charge in [0.15, 0.2) is 6.10 Å². The van der Waals surface area contributed by atoms with E-state index in [0.29, 0.717) is 0 Å². The second-order valence-corrected chi connectivity index (χ2v) is 3.58.